The molecule has 1 aromatic carbocycles. The average molecular weight is 292 g/mol. The number of nitro groups is 1. The molecule has 0 unspecified atom stereocenters. The van der Waals surface area contributed by atoms with Crippen molar-refractivity contribution >= 4 is 11.8 Å². The molecule has 0 saturated carbocycles. The van der Waals surface area contributed by atoms with Crippen molar-refractivity contribution in [2.75, 3.05) is 6.61 Å². The van der Waals surface area contributed by atoms with Crippen molar-refractivity contribution in [3.8, 4) is 0 Å². The number of alkyl carbamates (subject to hydrolysis) is 1. The minimum Gasteiger partial charge on any atom is -0.440 e. The normalized spacial score (nSPS) is 11.0. The van der Waals surface area contributed by atoms with Crippen LogP contribution in [0.1, 0.15) is 11.1 Å². The van der Waals surface area contributed by atoms with Crippen molar-refractivity contribution in [3.63, 3.8) is 0 Å². The summed E-state index contributed by atoms with van der Waals surface area (Å²) < 4.78 is 39.4. The van der Waals surface area contributed by atoms with Crippen LogP contribution in [0.3, 0.4) is 0 Å². The van der Waals surface area contributed by atoms with E-state index in [4.69, 9.17) is 0 Å². The van der Waals surface area contributed by atoms with E-state index >= 15 is 0 Å². The van der Waals surface area contributed by atoms with E-state index in [1.807, 2.05) is 0 Å². The number of ether oxygens (including phenoxy) is 1. The monoisotopic (exact) mass is 292 g/mol. The first-order valence-corrected chi connectivity index (χ1v) is 5.41. The zero-order chi connectivity index (χ0) is 15.3. The second-order valence-electron chi connectivity index (χ2n) is 3.86. The highest BCUT2D eigenvalue weighted by atomic mass is 19.4. The van der Waals surface area contributed by atoms with Crippen molar-refractivity contribution in [3.05, 3.63) is 39.4 Å². The number of benzene rings is 1. The summed E-state index contributed by atoms with van der Waals surface area (Å²) >= 11 is 0. The van der Waals surface area contributed by atoms with E-state index in [0.717, 1.165) is 0 Å². The number of amides is 1. The maximum atomic E-state index is 11.8. The van der Waals surface area contributed by atoms with Crippen LogP contribution in [0.4, 0.5) is 23.7 Å². The van der Waals surface area contributed by atoms with Crippen LogP contribution in [0, 0.1) is 17.0 Å². The molecule has 1 rings (SSSR count). The molecular weight excluding hydrogens is 281 g/mol. The molecule has 0 atom stereocenters. The van der Waals surface area contributed by atoms with Crippen molar-refractivity contribution < 1.29 is 27.6 Å². The molecule has 0 radical (unpaired) electrons. The fourth-order valence-electron chi connectivity index (χ4n) is 1.43. The van der Waals surface area contributed by atoms with Crippen molar-refractivity contribution in [1.82, 2.24) is 5.32 Å². The van der Waals surface area contributed by atoms with Crippen LogP contribution in [-0.4, -0.2) is 23.8 Å². The summed E-state index contributed by atoms with van der Waals surface area (Å²) in [5, 5.41) is 12.8. The fourth-order valence-corrected chi connectivity index (χ4v) is 1.43. The lowest BCUT2D eigenvalue weighted by Gasteiger charge is -2.10. The Morgan fingerprint density at radius 1 is 1.45 bits per heavy atom. The summed E-state index contributed by atoms with van der Waals surface area (Å²) in [5.41, 5.74) is 0.615. The van der Waals surface area contributed by atoms with Gasteiger partial charge in [0.15, 0.2) is 6.61 Å². The Bertz CT molecular complexity index is 517. The number of hydrogen-bond acceptors (Lipinski definition) is 4. The van der Waals surface area contributed by atoms with Gasteiger partial charge in [0, 0.05) is 18.2 Å². The first-order valence-electron chi connectivity index (χ1n) is 5.41. The van der Waals surface area contributed by atoms with Gasteiger partial charge >= 0.3 is 12.3 Å². The van der Waals surface area contributed by atoms with Gasteiger partial charge < -0.3 is 10.1 Å². The summed E-state index contributed by atoms with van der Waals surface area (Å²) in [5.74, 6) is 0. The Kier molecular flexibility index (Phi) is 4.89. The maximum absolute atomic E-state index is 11.8. The lowest BCUT2D eigenvalue weighted by Crippen LogP contribution is -2.28. The summed E-state index contributed by atoms with van der Waals surface area (Å²) in [6, 6.07) is 4.23. The molecule has 1 amide bonds. The van der Waals surface area contributed by atoms with E-state index in [9.17, 15) is 28.1 Å². The SMILES string of the molecule is Cc1c(CNC(=O)OCC(F)(F)F)cccc1[N+](=O)[O-]. The van der Waals surface area contributed by atoms with Gasteiger partial charge in [-0.25, -0.2) is 4.79 Å². The van der Waals surface area contributed by atoms with Crippen LogP contribution in [0.2, 0.25) is 0 Å². The lowest BCUT2D eigenvalue weighted by atomic mass is 10.1. The molecule has 0 spiro atoms. The molecular formula is C11H11F3N2O4. The third kappa shape index (κ3) is 4.75. The zero-order valence-electron chi connectivity index (χ0n) is 10.4. The predicted molar refractivity (Wildman–Crippen MR) is 62.1 cm³/mol. The van der Waals surface area contributed by atoms with Crippen molar-refractivity contribution in [2.45, 2.75) is 19.6 Å². The van der Waals surface area contributed by atoms with Crippen LogP contribution in [0.5, 0.6) is 0 Å². The number of carbonyl (C=O) groups excluding carboxylic acids is 1. The third-order valence-corrected chi connectivity index (χ3v) is 2.40. The number of nitro benzene ring substituents is 1. The van der Waals surface area contributed by atoms with E-state index in [-0.39, 0.29) is 12.2 Å². The van der Waals surface area contributed by atoms with Crippen LogP contribution in [-0.2, 0) is 11.3 Å². The molecule has 6 nitrogen and oxygen atoms in total. The maximum Gasteiger partial charge on any atom is 0.422 e. The predicted octanol–water partition coefficient (Wildman–Crippen LogP) is 2.69. The Labute approximate surface area is 111 Å². The second-order valence-corrected chi connectivity index (χ2v) is 3.86. The van der Waals surface area contributed by atoms with Crippen molar-refractivity contribution in [2.24, 2.45) is 0 Å². The topological polar surface area (TPSA) is 81.5 Å². The molecule has 110 valence electrons. The Hall–Kier alpha value is -2.32. The van der Waals surface area contributed by atoms with Gasteiger partial charge in [-0.3, -0.25) is 10.1 Å². The van der Waals surface area contributed by atoms with Gasteiger partial charge in [-0.05, 0) is 12.5 Å². The van der Waals surface area contributed by atoms with Gasteiger partial charge in [0.1, 0.15) is 0 Å². The lowest BCUT2D eigenvalue weighted by molar-refractivity contribution is -0.385. The smallest absolute Gasteiger partial charge is 0.422 e. The van der Waals surface area contributed by atoms with Crippen LogP contribution in [0.25, 0.3) is 0 Å². The van der Waals surface area contributed by atoms with Crippen LogP contribution < -0.4 is 5.32 Å². The highest BCUT2D eigenvalue weighted by Crippen LogP contribution is 2.21. The Morgan fingerprint density at radius 3 is 2.65 bits per heavy atom. The van der Waals surface area contributed by atoms with Gasteiger partial charge in [-0.2, -0.15) is 13.2 Å². The summed E-state index contributed by atoms with van der Waals surface area (Å²) in [7, 11) is 0. The fraction of sp³-hybridized carbons (Fsp3) is 0.364. The van der Waals surface area contributed by atoms with Crippen LogP contribution in [0.15, 0.2) is 18.2 Å². The number of nitrogens with zero attached hydrogens (tertiary/aromatic N) is 1. The first-order chi connectivity index (χ1) is 9.20. The molecule has 0 aliphatic heterocycles. The molecule has 1 aromatic rings. The molecule has 20 heavy (non-hydrogen) atoms. The average Bonchev–Trinajstić information content (AvgIpc) is 2.34. The van der Waals surface area contributed by atoms with Gasteiger partial charge in [-0.1, -0.05) is 12.1 Å². The zero-order valence-corrected chi connectivity index (χ0v) is 10.4. The van der Waals surface area contributed by atoms with E-state index in [1.54, 1.807) is 0 Å². The molecule has 0 aromatic heterocycles. The molecule has 9 heteroatoms. The minimum absolute atomic E-state index is 0.132. The second kappa shape index (κ2) is 6.22. The van der Waals surface area contributed by atoms with E-state index < -0.39 is 23.8 Å². The molecule has 0 aliphatic carbocycles. The molecule has 0 heterocycles. The van der Waals surface area contributed by atoms with Gasteiger partial charge in [0.25, 0.3) is 5.69 Å². The Balaban J connectivity index is 2.60. The molecule has 0 fully saturated rings. The quantitative estimate of drug-likeness (QED) is 0.683. The number of nitrogens with one attached hydrogen (secondary N) is 1. The van der Waals surface area contributed by atoms with Crippen molar-refractivity contribution in [1.29, 1.82) is 0 Å². The highest BCUT2D eigenvalue weighted by Gasteiger charge is 2.29. The Morgan fingerprint density at radius 2 is 2.10 bits per heavy atom. The highest BCUT2D eigenvalue weighted by molar-refractivity contribution is 5.67. The van der Waals surface area contributed by atoms with Gasteiger partial charge in [0.05, 0.1) is 4.92 Å². The van der Waals surface area contributed by atoms with E-state index in [2.05, 4.69) is 10.1 Å². The third-order valence-electron chi connectivity index (χ3n) is 2.40. The van der Waals surface area contributed by atoms with E-state index in [0.29, 0.717) is 11.1 Å². The van der Waals surface area contributed by atoms with Crippen LogP contribution >= 0.6 is 0 Å². The minimum atomic E-state index is -4.60. The summed E-state index contributed by atoms with van der Waals surface area (Å²) in [6.45, 7) is -0.368. The first kappa shape index (κ1) is 15.7. The molecule has 0 saturated heterocycles. The van der Waals surface area contributed by atoms with Gasteiger partial charge in [-0.15, -0.1) is 0 Å². The van der Waals surface area contributed by atoms with Gasteiger partial charge in [0.2, 0.25) is 0 Å². The standard InChI is InChI=1S/C11H11F3N2O4/c1-7-8(3-2-4-9(7)16(18)19)5-15-10(17)20-6-11(12,13)14/h2-4H,5-6H2,1H3,(H,15,17). The number of carbonyl (C=O) groups is 1. The number of alkyl halides is 3. The van der Waals surface area contributed by atoms with E-state index in [1.165, 1.54) is 25.1 Å². The number of hydrogen-bond donors (Lipinski definition) is 1. The summed E-state index contributed by atoms with van der Waals surface area (Å²) in [6.07, 6.45) is -5.84. The number of halogens is 3. The largest absolute Gasteiger partial charge is 0.440 e. The molecule has 0 aliphatic rings. The molecule has 1 N–H and O–H groups in total. The summed E-state index contributed by atoms with van der Waals surface area (Å²) in [4.78, 5) is 21.1. The number of rotatable bonds is 4. The molecule has 0 bridgehead atoms.